The number of aromatic nitrogens is 2. The van der Waals surface area contributed by atoms with Crippen LogP contribution in [-0.2, 0) is 0 Å². The van der Waals surface area contributed by atoms with Gasteiger partial charge in [0.15, 0.2) is 0 Å². The number of nitrogens with one attached hydrogen (secondary N) is 2. The summed E-state index contributed by atoms with van der Waals surface area (Å²) in [6.07, 6.45) is 4.40. The Labute approximate surface area is 135 Å². The molecule has 1 fully saturated rings. The van der Waals surface area contributed by atoms with Gasteiger partial charge in [0.1, 0.15) is 5.82 Å². The Bertz CT molecular complexity index is 671. The van der Waals surface area contributed by atoms with Gasteiger partial charge in [0.05, 0.1) is 17.8 Å². The average Bonchev–Trinajstić information content (AvgIpc) is 2.58. The summed E-state index contributed by atoms with van der Waals surface area (Å²) in [5.41, 5.74) is 1.37. The van der Waals surface area contributed by atoms with Crippen LogP contribution in [0.25, 0.3) is 0 Å². The maximum atomic E-state index is 12.6. The first-order valence-electron chi connectivity index (χ1n) is 7.71. The maximum Gasteiger partial charge on any atom is 0.252 e. The molecule has 1 atom stereocenters. The lowest BCUT2D eigenvalue weighted by molar-refractivity contribution is 0.0228. The second-order valence-electron chi connectivity index (χ2n) is 5.77. The highest BCUT2D eigenvalue weighted by Crippen LogP contribution is 2.37. The van der Waals surface area contributed by atoms with Crippen molar-refractivity contribution in [3.63, 3.8) is 0 Å². The van der Waals surface area contributed by atoms with Crippen LogP contribution < -0.4 is 10.6 Å². The molecule has 0 aliphatic heterocycles. The first-order valence-corrected chi connectivity index (χ1v) is 7.71. The van der Waals surface area contributed by atoms with Crippen LogP contribution in [0.2, 0.25) is 0 Å². The highest BCUT2D eigenvalue weighted by Gasteiger charge is 2.36. The molecule has 1 aliphatic rings. The van der Waals surface area contributed by atoms with Gasteiger partial charge in [-0.15, -0.1) is 0 Å². The molecule has 2 heterocycles. The monoisotopic (exact) mass is 312 g/mol. The van der Waals surface area contributed by atoms with Gasteiger partial charge in [0.25, 0.3) is 5.91 Å². The summed E-state index contributed by atoms with van der Waals surface area (Å²) in [6.45, 7) is 0. The van der Waals surface area contributed by atoms with Crippen LogP contribution in [0.3, 0.4) is 0 Å². The SMILES string of the molecule is CNc1cc(C(=O)N[C@@H](c2ccccn2)C2CC(O)C2)ccn1. The summed E-state index contributed by atoms with van der Waals surface area (Å²) in [5, 5.41) is 15.6. The summed E-state index contributed by atoms with van der Waals surface area (Å²) in [6, 6.07) is 8.85. The van der Waals surface area contributed by atoms with Crippen molar-refractivity contribution < 1.29 is 9.90 Å². The van der Waals surface area contributed by atoms with Crippen molar-refractivity contribution in [2.75, 3.05) is 12.4 Å². The molecule has 0 bridgehead atoms. The lowest BCUT2D eigenvalue weighted by Crippen LogP contribution is -2.41. The van der Waals surface area contributed by atoms with Crippen LogP contribution in [-0.4, -0.2) is 34.1 Å². The van der Waals surface area contributed by atoms with Crippen molar-refractivity contribution >= 4 is 11.7 Å². The minimum Gasteiger partial charge on any atom is -0.393 e. The van der Waals surface area contributed by atoms with Crippen molar-refractivity contribution in [1.29, 1.82) is 0 Å². The molecule has 2 aromatic heterocycles. The summed E-state index contributed by atoms with van der Waals surface area (Å²) in [5.74, 6) is 0.682. The summed E-state index contributed by atoms with van der Waals surface area (Å²) in [7, 11) is 1.76. The van der Waals surface area contributed by atoms with Gasteiger partial charge in [-0.3, -0.25) is 9.78 Å². The predicted octanol–water partition coefficient (Wildman–Crippen LogP) is 1.76. The van der Waals surface area contributed by atoms with Gasteiger partial charge in [0, 0.05) is 25.0 Å². The number of pyridine rings is 2. The summed E-state index contributed by atoms with van der Waals surface area (Å²) >= 11 is 0. The number of hydrogen-bond donors (Lipinski definition) is 3. The first kappa shape index (κ1) is 15.4. The molecule has 0 unspecified atom stereocenters. The van der Waals surface area contributed by atoms with Crippen LogP contribution in [0.1, 0.15) is 34.9 Å². The van der Waals surface area contributed by atoms with E-state index in [2.05, 4.69) is 20.6 Å². The van der Waals surface area contributed by atoms with Crippen LogP contribution in [0.4, 0.5) is 5.82 Å². The standard InChI is InChI=1S/C17H20N4O2/c1-18-15-10-11(5-7-20-15)17(23)21-16(12-8-13(22)9-12)14-4-2-3-6-19-14/h2-7,10,12-13,16,22H,8-9H2,1H3,(H,18,20)(H,21,23)/t12?,13?,16-/m1/s1. The molecule has 0 saturated heterocycles. The Morgan fingerprint density at radius 2 is 2.09 bits per heavy atom. The number of aliphatic hydroxyl groups is 1. The van der Waals surface area contributed by atoms with E-state index in [1.54, 1.807) is 31.6 Å². The summed E-state index contributed by atoms with van der Waals surface area (Å²) < 4.78 is 0. The molecule has 2 aromatic rings. The number of hydrogen-bond acceptors (Lipinski definition) is 5. The molecule has 0 spiro atoms. The van der Waals surface area contributed by atoms with Crippen molar-refractivity contribution in [1.82, 2.24) is 15.3 Å². The number of aliphatic hydroxyl groups excluding tert-OH is 1. The number of amides is 1. The van der Waals surface area contributed by atoms with Crippen molar-refractivity contribution in [2.45, 2.75) is 25.0 Å². The molecule has 6 heteroatoms. The van der Waals surface area contributed by atoms with E-state index >= 15 is 0 Å². The van der Waals surface area contributed by atoms with E-state index in [0.717, 1.165) is 5.69 Å². The zero-order chi connectivity index (χ0) is 16.2. The van der Waals surface area contributed by atoms with Crippen LogP contribution >= 0.6 is 0 Å². The lowest BCUT2D eigenvalue weighted by atomic mass is 9.76. The molecular formula is C17H20N4O2. The summed E-state index contributed by atoms with van der Waals surface area (Å²) in [4.78, 5) is 21.0. The molecule has 1 aliphatic carbocycles. The normalized spacial score (nSPS) is 21.1. The van der Waals surface area contributed by atoms with E-state index in [1.165, 1.54) is 0 Å². The largest absolute Gasteiger partial charge is 0.393 e. The minimum absolute atomic E-state index is 0.166. The molecule has 23 heavy (non-hydrogen) atoms. The van der Waals surface area contributed by atoms with E-state index in [9.17, 15) is 9.90 Å². The molecule has 1 amide bonds. The van der Waals surface area contributed by atoms with Gasteiger partial charge >= 0.3 is 0 Å². The van der Waals surface area contributed by atoms with Crippen molar-refractivity contribution in [2.24, 2.45) is 5.92 Å². The predicted molar refractivity (Wildman–Crippen MR) is 87.0 cm³/mol. The fourth-order valence-electron chi connectivity index (χ4n) is 2.83. The number of carbonyl (C=O) groups excluding carboxylic acids is 1. The molecular weight excluding hydrogens is 292 g/mol. The van der Waals surface area contributed by atoms with Gasteiger partial charge < -0.3 is 15.7 Å². The Kier molecular flexibility index (Phi) is 4.52. The van der Waals surface area contributed by atoms with Gasteiger partial charge in [0.2, 0.25) is 0 Å². The van der Waals surface area contributed by atoms with Crippen LogP contribution in [0.15, 0.2) is 42.7 Å². The molecule has 3 N–H and O–H groups in total. The van der Waals surface area contributed by atoms with E-state index < -0.39 is 0 Å². The molecule has 0 aromatic carbocycles. The molecule has 6 nitrogen and oxygen atoms in total. The third-order valence-electron chi connectivity index (χ3n) is 4.19. The number of anilines is 1. The van der Waals surface area contributed by atoms with Crippen LogP contribution in [0.5, 0.6) is 0 Å². The second kappa shape index (κ2) is 6.75. The molecule has 1 saturated carbocycles. The van der Waals surface area contributed by atoms with Gasteiger partial charge in [-0.2, -0.15) is 0 Å². The molecule has 0 radical (unpaired) electrons. The third-order valence-corrected chi connectivity index (χ3v) is 4.19. The lowest BCUT2D eigenvalue weighted by Gasteiger charge is -2.37. The smallest absolute Gasteiger partial charge is 0.252 e. The first-order chi connectivity index (χ1) is 11.2. The highest BCUT2D eigenvalue weighted by molar-refractivity contribution is 5.95. The van der Waals surface area contributed by atoms with Crippen LogP contribution in [0, 0.1) is 5.92 Å². The van der Waals surface area contributed by atoms with E-state index in [0.29, 0.717) is 24.2 Å². The van der Waals surface area contributed by atoms with Gasteiger partial charge in [-0.1, -0.05) is 6.07 Å². The Hall–Kier alpha value is -2.47. The molecule has 3 rings (SSSR count). The number of carbonyl (C=O) groups is 1. The Morgan fingerprint density at radius 3 is 2.74 bits per heavy atom. The highest BCUT2D eigenvalue weighted by atomic mass is 16.3. The Balaban J connectivity index is 1.79. The van der Waals surface area contributed by atoms with Gasteiger partial charge in [-0.25, -0.2) is 4.98 Å². The Morgan fingerprint density at radius 1 is 1.26 bits per heavy atom. The van der Waals surface area contributed by atoms with E-state index in [-0.39, 0.29) is 24.0 Å². The average molecular weight is 312 g/mol. The third kappa shape index (κ3) is 3.48. The second-order valence-corrected chi connectivity index (χ2v) is 5.77. The topological polar surface area (TPSA) is 87.1 Å². The number of rotatable bonds is 5. The fraction of sp³-hybridized carbons (Fsp3) is 0.353. The maximum absolute atomic E-state index is 12.6. The van der Waals surface area contributed by atoms with E-state index in [1.807, 2.05) is 18.2 Å². The van der Waals surface area contributed by atoms with Gasteiger partial charge in [-0.05, 0) is 43.0 Å². The molecule has 120 valence electrons. The van der Waals surface area contributed by atoms with Crippen molar-refractivity contribution in [3.8, 4) is 0 Å². The fourth-order valence-corrected chi connectivity index (χ4v) is 2.83. The quantitative estimate of drug-likeness (QED) is 0.783. The minimum atomic E-state index is -0.278. The van der Waals surface area contributed by atoms with E-state index in [4.69, 9.17) is 0 Å². The zero-order valence-corrected chi connectivity index (χ0v) is 12.9. The zero-order valence-electron chi connectivity index (χ0n) is 12.9. The van der Waals surface area contributed by atoms with Crippen molar-refractivity contribution in [3.05, 3.63) is 54.0 Å². The number of nitrogens with zero attached hydrogens (tertiary/aromatic N) is 2.